The Morgan fingerprint density at radius 3 is 1.38 bits per heavy atom. The van der Waals surface area contributed by atoms with E-state index in [0.717, 1.165) is 38.5 Å². The molecule has 0 atom stereocenters. The van der Waals surface area contributed by atoms with Crippen molar-refractivity contribution in [2.24, 2.45) is 0 Å². The monoisotopic (exact) mass is 348 g/mol. The molecule has 0 radical (unpaired) electrons. The summed E-state index contributed by atoms with van der Waals surface area (Å²) in [4.78, 5) is 0. The lowest BCUT2D eigenvalue weighted by Gasteiger charge is -2.08. The summed E-state index contributed by atoms with van der Waals surface area (Å²) in [5.74, 6) is 1.34. The zero-order valence-electron chi connectivity index (χ0n) is 15.0. The second kappa shape index (κ2) is 11.6. The SMILES string of the molecule is N#Cc1ccccc1OCCCCCCCCOc1ccccc1C#N. The normalized spacial score (nSPS) is 9.92. The van der Waals surface area contributed by atoms with Crippen molar-refractivity contribution >= 4 is 0 Å². The van der Waals surface area contributed by atoms with Gasteiger partial charge in [0.25, 0.3) is 0 Å². The molecule has 0 saturated carbocycles. The van der Waals surface area contributed by atoms with Gasteiger partial charge in [0.05, 0.1) is 24.3 Å². The van der Waals surface area contributed by atoms with Gasteiger partial charge in [0.2, 0.25) is 0 Å². The molecule has 2 aromatic carbocycles. The van der Waals surface area contributed by atoms with Crippen molar-refractivity contribution < 1.29 is 9.47 Å². The minimum absolute atomic E-state index is 0.588. The van der Waals surface area contributed by atoms with Crippen LogP contribution in [0, 0.1) is 22.7 Å². The van der Waals surface area contributed by atoms with Crippen LogP contribution in [0.2, 0.25) is 0 Å². The van der Waals surface area contributed by atoms with Gasteiger partial charge in [-0.3, -0.25) is 0 Å². The van der Waals surface area contributed by atoms with Crippen LogP contribution in [0.4, 0.5) is 0 Å². The summed E-state index contributed by atoms with van der Waals surface area (Å²) in [5.41, 5.74) is 1.18. The van der Waals surface area contributed by atoms with E-state index < -0.39 is 0 Å². The number of hydrogen-bond acceptors (Lipinski definition) is 4. The number of benzene rings is 2. The van der Waals surface area contributed by atoms with Crippen molar-refractivity contribution in [1.82, 2.24) is 0 Å². The molecule has 0 aromatic heterocycles. The summed E-state index contributed by atoms with van der Waals surface area (Å²) in [6.07, 6.45) is 6.55. The quantitative estimate of drug-likeness (QED) is 0.522. The highest BCUT2D eigenvalue weighted by Gasteiger charge is 2.02. The highest BCUT2D eigenvalue weighted by molar-refractivity contribution is 5.43. The number of unbranched alkanes of at least 4 members (excludes halogenated alkanes) is 5. The average Bonchev–Trinajstić information content (AvgIpc) is 2.70. The van der Waals surface area contributed by atoms with E-state index >= 15 is 0 Å². The molecule has 0 N–H and O–H groups in total. The Morgan fingerprint density at radius 2 is 0.962 bits per heavy atom. The smallest absolute Gasteiger partial charge is 0.137 e. The Bertz CT molecular complexity index is 694. The standard InChI is InChI=1S/C22H24N2O2/c23-17-19-11-5-7-13-21(19)25-15-9-3-1-2-4-10-16-26-22-14-8-6-12-20(22)18-24/h5-8,11-14H,1-4,9-10,15-16H2. The van der Waals surface area contributed by atoms with Gasteiger partial charge in [-0.15, -0.1) is 0 Å². The van der Waals surface area contributed by atoms with E-state index in [2.05, 4.69) is 12.1 Å². The van der Waals surface area contributed by atoms with Crippen molar-refractivity contribution in [3.63, 3.8) is 0 Å². The van der Waals surface area contributed by atoms with Gasteiger partial charge < -0.3 is 9.47 Å². The molecule has 0 amide bonds. The molecule has 26 heavy (non-hydrogen) atoms. The fraction of sp³-hybridized carbons (Fsp3) is 0.364. The van der Waals surface area contributed by atoms with Gasteiger partial charge in [0.1, 0.15) is 23.6 Å². The second-order valence-electron chi connectivity index (χ2n) is 6.03. The summed E-state index contributed by atoms with van der Waals surface area (Å²) >= 11 is 0. The summed E-state index contributed by atoms with van der Waals surface area (Å²) in [6, 6.07) is 18.9. The Hall–Kier alpha value is -2.98. The molecule has 134 valence electrons. The molecule has 0 fully saturated rings. The number of nitrogens with zero attached hydrogens (tertiary/aromatic N) is 2. The van der Waals surface area contributed by atoms with Crippen molar-refractivity contribution in [3.05, 3.63) is 59.7 Å². The van der Waals surface area contributed by atoms with Gasteiger partial charge in [-0.2, -0.15) is 10.5 Å². The highest BCUT2D eigenvalue weighted by Crippen LogP contribution is 2.18. The van der Waals surface area contributed by atoms with E-state index in [1.165, 1.54) is 0 Å². The zero-order chi connectivity index (χ0) is 18.5. The van der Waals surface area contributed by atoms with Crippen molar-refractivity contribution in [2.45, 2.75) is 38.5 Å². The van der Waals surface area contributed by atoms with Gasteiger partial charge in [-0.1, -0.05) is 49.9 Å². The minimum atomic E-state index is 0.588. The van der Waals surface area contributed by atoms with Crippen LogP contribution in [-0.2, 0) is 0 Å². The van der Waals surface area contributed by atoms with Crippen LogP contribution in [0.15, 0.2) is 48.5 Å². The van der Waals surface area contributed by atoms with E-state index in [9.17, 15) is 0 Å². The third kappa shape index (κ3) is 6.49. The first kappa shape index (κ1) is 19.3. The summed E-state index contributed by atoms with van der Waals surface area (Å²) in [5, 5.41) is 18.0. The van der Waals surface area contributed by atoms with Crippen LogP contribution in [-0.4, -0.2) is 13.2 Å². The third-order valence-electron chi connectivity index (χ3n) is 4.07. The van der Waals surface area contributed by atoms with Gasteiger partial charge >= 0.3 is 0 Å². The van der Waals surface area contributed by atoms with Crippen LogP contribution >= 0.6 is 0 Å². The molecule has 0 aliphatic carbocycles. The summed E-state index contributed by atoms with van der Waals surface area (Å²) < 4.78 is 11.4. The molecule has 4 nitrogen and oxygen atoms in total. The van der Waals surface area contributed by atoms with Crippen molar-refractivity contribution in [3.8, 4) is 23.6 Å². The Balaban J connectivity index is 1.49. The van der Waals surface area contributed by atoms with E-state index in [4.69, 9.17) is 20.0 Å². The molecule has 0 heterocycles. The molecular weight excluding hydrogens is 324 g/mol. The first-order chi connectivity index (χ1) is 12.8. The van der Waals surface area contributed by atoms with Gasteiger partial charge in [0, 0.05) is 0 Å². The van der Waals surface area contributed by atoms with Crippen molar-refractivity contribution in [1.29, 1.82) is 10.5 Å². The maximum atomic E-state index is 9.01. The molecular formula is C22H24N2O2. The van der Waals surface area contributed by atoms with E-state index in [1.54, 1.807) is 12.1 Å². The predicted octanol–water partition coefficient (Wildman–Crippen LogP) is 5.23. The van der Waals surface area contributed by atoms with Gasteiger partial charge in [-0.05, 0) is 37.1 Å². The number of para-hydroxylation sites is 2. The topological polar surface area (TPSA) is 66.0 Å². The molecule has 0 aliphatic heterocycles. The average molecular weight is 348 g/mol. The lowest BCUT2D eigenvalue weighted by molar-refractivity contribution is 0.296. The Kier molecular flexibility index (Phi) is 8.60. The Morgan fingerprint density at radius 1 is 0.577 bits per heavy atom. The molecule has 0 saturated heterocycles. The van der Waals surface area contributed by atoms with Crippen molar-refractivity contribution in [2.75, 3.05) is 13.2 Å². The van der Waals surface area contributed by atoms with E-state index in [1.807, 2.05) is 36.4 Å². The second-order valence-corrected chi connectivity index (χ2v) is 6.03. The molecule has 0 bridgehead atoms. The fourth-order valence-corrected chi connectivity index (χ4v) is 2.65. The van der Waals surface area contributed by atoms with E-state index in [0.29, 0.717) is 35.8 Å². The van der Waals surface area contributed by atoms with Gasteiger partial charge in [0.15, 0.2) is 0 Å². The van der Waals surface area contributed by atoms with Crippen LogP contribution in [0.5, 0.6) is 11.5 Å². The number of nitriles is 2. The minimum Gasteiger partial charge on any atom is -0.492 e. The van der Waals surface area contributed by atoms with Crippen LogP contribution < -0.4 is 9.47 Å². The number of rotatable bonds is 11. The predicted molar refractivity (Wildman–Crippen MR) is 101 cm³/mol. The fourth-order valence-electron chi connectivity index (χ4n) is 2.65. The zero-order valence-corrected chi connectivity index (χ0v) is 15.0. The lowest BCUT2D eigenvalue weighted by atomic mass is 10.1. The first-order valence-corrected chi connectivity index (χ1v) is 9.09. The number of ether oxygens (including phenoxy) is 2. The number of hydrogen-bond donors (Lipinski definition) is 0. The van der Waals surface area contributed by atoms with Crippen LogP contribution in [0.25, 0.3) is 0 Å². The maximum absolute atomic E-state index is 9.01. The highest BCUT2D eigenvalue weighted by atomic mass is 16.5. The molecule has 2 rings (SSSR count). The molecule has 0 unspecified atom stereocenters. The van der Waals surface area contributed by atoms with E-state index in [-0.39, 0.29) is 0 Å². The molecule has 0 aliphatic rings. The third-order valence-corrected chi connectivity index (χ3v) is 4.07. The van der Waals surface area contributed by atoms with Gasteiger partial charge in [-0.25, -0.2) is 0 Å². The summed E-state index contributed by atoms with van der Waals surface area (Å²) in [6.45, 7) is 1.29. The molecule has 0 spiro atoms. The Labute approximate surface area is 155 Å². The molecule has 4 heteroatoms. The summed E-state index contributed by atoms with van der Waals surface area (Å²) in [7, 11) is 0. The first-order valence-electron chi connectivity index (χ1n) is 9.09. The largest absolute Gasteiger partial charge is 0.492 e. The van der Waals surface area contributed by atoms with Crippen LogP contribution in [0.3, 0.4) is 0 Å². The molecule has 2 aromatic rings. The van der Waals surface area contributed by atoms with Crippen LogP contribution in [0.1, 0.15) is 49.7 Å². The lowest BCUT2D eigenvalue weighted by Crippen LogP contribution is -2.00. The maximum Gasteiger partial charge on any atom is 0.137 e.